The van der Waals surface area contributed by atoms with Crippen LogP contribution in [0.1, 0.15) is 0 Å². The van der Waals surface area contributed by atoms with Crippen LogP contribution in [0.25, 0.3) is 22.2 Å². The molecular formula is C16H13FN2. The molecule has 1 heterocycles. The van der Waals surface area contributed by atoms with E-state index in [0.29, 0.717) is 5.69 Å². The van der Waals surface area contributed by atoms with E-state index in [0.717, 1.165) is 22.2 Å². The van der Waals surface area contributed by atoms with E-state index in [1.807, 2.05) is 42.5 Å². The molecule has 0 amide bonds. The van der Waals surface area contributed by atoms with Gasteiger partial charge < -0.3 is 5.32 Å². The number of fused-ring (bicyclic) bond motifs is 1. The van der Waals surface area contributed by atoms with Gasteiger partial charge in [-0.1, -0.05) is 30.3 Å². The fourth-order valence-corrected chi connectivity index (χ4v) is 2.10. The number of nitrogens with one attached hydrogen (secondary N) is 1. The average molecular weight is 252 g/mol. The normalized spacial score (nSPS) is 10.6. The molecule has 0 saturated heterocycles. The van der Waals surface area contributed by atoms with Crippen LogP contribution in [0.15, 0.2) is 54.6 Å². The molecule has 0 radical (unpaired) electrons. The zero-order chi connectivity index (χ0) is 13.2. The van der Waals surface area contributed by atoms with Crippen LogP contribution in [-0.4, -0.2) is 12.0 Å². The monoisotopic (exact) mass is 252 g/mol. The van der Waals surface area contributed by atoms with Crippen LogP contribution in [0.3, 0.4) is 0 Å². The van der Waals surface area contributed by atoms with Crippen molar-refractivity contribution < 1.29 is 4.39 Å². The topological polar surface area (TPSA) is 24.9 Å². The number of nitrogens with zero attached hydrogens (tertiary/aromatic N) is 1. The Morgan fingerprint density at radius 2 is 1.84 bits per heavy atom. The van der Waals surface area contributed by atoms with Gasteiger partial charge in [-0.25, -0.2) is 9.37 Å². The van der Waals surface area contributed by atoms with Crippen LogP contribution in [0.4, 0.5) is 10.1 Å². The summed E-state index contributed by atoms with van der Waals surface area (Å²) in [6, 6.07) is 16.9. The quantitative estimate of drug-likeness (QED) is 0.743. The molecule has 0 aliphatic carbocycles. The van der Waals surface area contributed by atoms with Crippen LogP contribution >= 0.6 is 0 Å². The summed E-state index contributed by atoms with van der Waals surface area (Å²) in [7, 11) is 1.70. The molecule has 0 spiro atoms. The highest BCUT2D eigenvalue weighted by Crippen LogP contribution is 2.24. The van der Waals surface area contributed by atoms with Crippen molar-refractivity contribution in [2.45, 2.75) is 0 Å². The SMILES string of the molecule is CNc1ccc(-c2ccc3ccccc3n2)cc1F. The predicted octanol–water partition coefficient (Wildman–Crippen LogP) is 4.08. The highest BCUT2D eigenvalue weighted by molar-refractivity contribution is 5.81. The lowest BCUT2D eigenvalue weighted by molar-refractivity contribution is 0.632. The van der Waals surface area contributed by atoms with E-state index in [1.54, 1.807) is 13.1 Å². The second-order valence-electron chi connectivity index (χ2n) is 4.33. The molecule has 19 heavy (non-hydrogen) atoms. The van der Waals surface area contributed by atoms with Gasteiger partial charge in [0.1, 0.15) is 5.82 Å². The molecule has 94 valence electrons. The summed E-state index contributed by atoms with van der Waals surface area (Å²) in [5.74, 6) is -0.269. The van der Waals surface area contributed by atoms with E-state index >= 15 is 0 Å². The van der Waals surface area contributed by atoms with Crippen LogP contribution in [0.2, 0.25) is 0 Å². The molecule has 0 aliphatic heterocycles. The first-order valence-electron chi connectivity index (χ1n) is 6.11. The molecule has 3 heteroatoms. The van der Waals surface area contributed by atoms with Gasteiger partial charge in [0.15, 0.2) is 0 Å². The summed E-state index contributed by atoms with van der Waals surface area (Å²) in [6.45, 7) is 0. The lowest BCUT2D eigenvalue weighted by Crippen LogP contribution is -1.93. The maximum Gasteiger partial charge on any atom is 0.146 e. The number of rotatable bonds is 2. The van der Waals surface area contributed by atoms with Crippen LogP contribution in [0.5, 0.6) is 0 Å². The molecule has 0 atom stereocenters. The van der Waals surface area contributed by atoms with E-state index in [4.69, 9.17) is 0 Å². The second-order valence-corrected chi connectivity index (χ2v) is 4.33. The molecule has 0 bridgehead atoms. The van der Waals surface area contributed by atoms with E-state index < -0.39 is 0 Å². The van der Waals surface area contributed by atoms with Gasteiger partial charge in [-0.3, -0.25) is 0 Å². The standard InChI is InChI=1S/C16H13FN2/c1-18-16-9-7-12(10-13(16)17)15-8-6-11-4-2-3-5-14(11)19-15/h2-10,18H,1H3. The van der Waals surface area contributed by atoms with Gasteiger partial charge in [0.2, 0.25) is 0 Å². The van der Waals surface area contributed by atoms with Gasteiger partial charge in [0.25, 0.3) is 0 Å². The van der Waals surface area contributed by atoms with Crippen molar-refractivity contribution in [1.29, 1.82) is 0 Å². The van der Waals surface area contributed by atoms with Crippen molar-refractivity contribution in [2.24, 2.45) is 0 Å². The third-order valence-corrected chi connectivity index (χ3v) is 3.13. The number of benzene rings is 2. The zero-order valence-corrected chi connectivity index (χ0v) is 10.5. The van der Waals surface area contributed by atoms with E-state index in [9.17, 15) is 4.39 Å². The first-order valence-corrected chi connectivity index (χ1v) is 6.11. The number of aromatic nitrogens is 1. The maximum absolute atomic E-state index is 13.8. The highest BCUT2D eigenvalue weighted by Gasteiger charge is 2.05. The van der Waals surface area contributed by atoms with Crippen molar-refractivity contribution in [3.8, 4) is 11.3 Å². The molecule has 0 fully saturated rings. The van der Waals surface area contributed by atoms with Crippen molar-refractivity contribution in [2.75, 3.05) is 12.4 Å². The number of para-hydroxylation sites is 1. The fourth-order valence-electron chi connectivity index (χ4n) is 2.10. The summed E-state index contributed by atoms with van der Waals surface area (Å²) < 4.78 is 13.8. The molecule has 0 saturated carbocycles. The molecule has 2 aromatic carbocycles. The van der Waals surface area contributed by atoms with Gasteiger partial charge in [0.05, 0.1) is 16.9 Å². The first-order chi connectivity index (χ1) is 9.28. The Kier molecular flexibility index (Phi) is 2.88. The molecule has 2 nitrogen and oxygen atoms in total. The van der Waals surface area contributed by atoms with Crippen molar-refractivity contribution in [3.63, 3.8) is 0 Å². The predicted molar refractivity (Wildman–Crippen MR) is 76.7 cm³/mol. The Bertz CT molecular complexity index is 738. The van der Waals surface area contributed by atoms with E-state index in [-0.39, 0.29) is 5.82 Å². The van der Waals surface area contributed by atoms with Gasteiger partial charge in [-0.2, -0.15) is 0 Å². The van der Waals surface area contributed by atoms with Crippen molar-refractivity contribution in [3.05, 3.63) is 60.4 Å². The summed E-state index contributed by atoms with van der Waals surface area (Å²) >= 11 is 0. The third kappa shape index (κ3) is 2.15. The molecule has 1 aromatic heterocycles. The number of hydrogen-bond acceptors (Lipinski definition) is 2. The minimum absolute atomic E-state index is 0.269. The Morgan fingerprint density at radius 3 is 2.63 bits per heavy atom. The van der Waals surface area contributed by atoms with Gasteiger partial charge in [0, 0.05) is 18.0 Å². The van der Waals surface area contributed by atoms with Crippen molar-refractivity contribution in [1.82, 2.24) is 4.98 Å². The minimum Gasteiger partial charge on any atom is -0.386 e. The smallest absolute Gasteiger partial charge is 0.146 e. The third-order valence-electron chi connectivity index (χ3n) is 3.13. The average Bonchev–Trinajstić information content (AvgIpc) is 2.46. The summed E-state index contributed by atoms with van der Waals surface area (Å²) in [5.41, 5.74) is 2.96. The Morgan fingerprint density at radius 1 is 1.00 bits per heavy atom. The van der Waals surface area contributed by atoms with Gasteiger partial charge in [-0.15, -0.1) is 0 Å². The van der Waals surface area contributed by atoms with Gasteiger partial charge in [-0.05, 0) is 24.3 Å². The minimum atomic E-state index is -0.269. The summed E-state index contributed by atoms with van der Waals surface area (Å²) in [5, 5.41) is 3.89. The van der Waals surface area contributed by atoms with Crippen molar-refractivity contribution >= 4 is 16.6 Å². The largest absolute Gasteiger partial charge is 0.386 e. The molecule has 3 rings (SSSR count). The van der Waals surface area contributed by atoms with E-state index in [1.165, 1.54) is 6.07 Å². The molecular weight excluding hydrogens is 239 g/mol. The maximum atomic E-state index is 13.8. The number of anilines is 1. The summed E-state index contributed by atoms with van der Waals surface area (Å²) in [4.78, 5) is 4.55. The number of pyridine rings is 1. The summed E-state index contributed by atoms with van der Waals surface area (Å²) in [6.07, 6.45) is 0. The Balaban J connectivity index is 2.11. The molecule has 3 aromatic rings. The first kappa shape index (κ1) is 11.7. The van der Waals surface area contributed by atoms with Crippen LogP contribution < -0.4 is 5.32 Å². The number of hydrogen-bond donors (Lipinski definition) is 1. The van der Waals surface area contributed by atoms with E-state index in [2.05, 4.69) is 10.3 Å². The molecule has 1 N–H and O–H groups in total. The zero-order valence-electron chi connectivity index (χ0n) is 10.5. The highest BCUT2D eigenvalue weighted by atomic mass is 19.1. The molecule has 0 unspecified atom stereocenters. The lowest BCUT2D eigenvalue weighted by Gasteiger charge is -2.06. The molecule has 0 aliphatic rings. The lowest BCUT2D eigenvalue weighted by atomic mass is 10.1. The van der Waals surface area contributed by atoms with Gasteiger partial charge >= 0.3 is 0 Å². The number of halogens is 1. The Hall–Kier alpha value is -2.42. The van der Waals surface area contributed by atoms with Crippen LogP contribution in [0, 0.1) is 5.82 Å². The van der Waals surface area contributed by atoms with Crippen LogP contribution in [-0.2, 0) is 0 Å². The fraction of sp³-hybridized carbons (Fsp3) is 0.0625. The Labute approximate surface area is 110 Å². The second kappa shape index (κ2) is 4.69.